The molecule has 25 heavy (non-hydrogen) atoms. The van der Waals surface area contributed by atoms with Gasteiger partial charge in [0.25, 0.3) is 0 Å². The minimum absolute atomic E-state index is 0.471. The van der Waals surface area contributed by atoms with Gasteiger partial charge in [-0.25, -0.2) is 18.1 Å². The number of nitrogens with one attached hydrogen (secondary N) is 2. The van der Waals surface area contributed by atoms with Gasteiger partial charge in [0, 0.05) is 38.1 Å². The van der Waals surface area contributed by atoms with Gasteiger partial charge in [-0.1, -0.05) is 0 Å². The molecule has 0 amide bonds. The van der Waals surface area contributed by atoms with Gasteiger partial charge < -0.3 is 9.88 Å². The second-order valence-corrected chi connectivity index (χ2v) is 9.29. The Bertz CT molecular complexity index is 666. The lowest BCUT2D eigenvalue weighted by Crippen LogP contribution is -2.37. The summed E-state index contributed by atoms with van der Waals surface area (Å²) in [5, 5.41) is 3.46. The fraction of sp³-hybridized carbons (Fsp3) is 0.824. The van der Waals surface area contributed by atoms with Crippen LogP contribution >= 0.6 is 0 Å². The summed E-state index contributed by atoms with van der Waals surface area (Å²) in [6.45, 7) is 7.54. The molecule has 2 heterocycles. The maximum absolute atomic E-state index is 11.3. The Balaban J connectivity index is 1.62. The summed E-state index contributed by atoms with van der Waals surface area (Å²) < 4.78 is 27.3. The zero-order valence-corrected chi connectivity index (χ0v) is 16.2. The number of sulfonamides is 1. The summed E-state index contributed by atoms with van der Waals surface area (Å²) in [6.07, 6.45) is 9.71. The van der Waals surface area contributed by atoms with Crippen LogP contribution < -0.4 is 10.0 Å². The molecule has 142 valence electrons. The Labute approximate surface area is 151 Å². The van der Waals surface area contributed by atoms with Crippen molar-refractivity contribution in [3.63, 3.8) is 0 Å². The molecule has 1 saturated carbocycles. The van der Waals surface area contributed by atoms with Crippen LogP contribution in [-0.2, 0) is 23.1 Å². The lowest BCUT2D eigenvalue weighted by Gasteiger charge is -2.29. The lowest BCUT2D eigenvalue weighted by molar-refractivity contribution is 0.188. The molecule has 2 aliphatic rings. The van der Waals surface area contributed by atoms with Gasteiger partial charge >= 0.3 is 0 Å². The fourth-order valence-corrected chi connectivity index (χ4v) is 4.67. The van der Waals surface area contributed by atoms with Crippen molar-refractivity contribution < 1.29 is 8.42 Å². The van der Waals surface area contributed by atoms with Gasteiger partial charge in [0.1, 0.15) is 5.82 Å². The lowest BCUT2D eigenvalue weighted by atomic mass is 9.93. The van der Waals surface area contributed by atoms with Crippen molar-refractivity contribution in [3.05, 3.63) is 18.2 Å². The normalized spacial score (nSPS) is 22.6. The molecule has 1 aliphatic carbocycles. The van der Waals surface area contributed by atoms with Crippen molar-refractivity contribution in [3.8, 4) is 0 Å². The van der Waals surface area contributed by atoms with E-state index in [1.54, 1.807) is 0 Å². The van der Waals surface area contributed by atoms with Gasteiger partial charge in [-0.15, -0.1) is 0 Å². The van der Waals surface area contributed by atoms with Gasteiger partial charge in [-0.3, -0.25) is 4.90 Å². The summed E-state index contributed by atoms with van der Waals surface area (Å²) in [5.41, 5.74) is 0.471. The van der Waals surface area contributed by atoms with Crippen molar-refractivity contribution in [2.24, 2.45) is 5.41 Å². The Morgan fingerprint density at radius 3 is 2.88 bits per heavy atom. The average Bonchev–Trinajstić information content (AvgIpc) is 3.05. The smallest absolute Gasteiger partial charge is 0.208 e. The van der Waals surface area contributed by atoms with Crippen LogP contribution in [0.25, 0.3) is 0 Å². The second kappa shape index (κ2) is 7.73. The Hall–Kier alpha value is -0.960. The molecule has 0 radical (unpaired) electrons. The number of nitrogens with zero attached hydrogens (tertiary/aromatic N) is 3. The van der Waals surface area contributed by atoms with Crippen molar-refractivity contribution in [1.82, 2.24) is 24.5 Å². The Morgan fingerprint density at radius 2 is 2.20 bits per heavy atom. The zero-order valence-electron chi connectivity index (χ0n) is 15.4. The molecule has 7 nitrogen and oxygen atoms in total. The van der Waals surface area contributed by atoms with E-state index in [1.807, 2.05) is 12.4 Å². The Morgan fingerprint density at radius 1 is 1.44 bits per heavy atom. The highest BCUT2D eigenvalue weighted by molar-refractivity contribution is 7.88. The maximum Gasteiger partial charge on any atom is 0.208 e. The van der Waals surface area contributed by atoms with Gasteiger partial charge in [-0.2, -0.15) is 0 Å². The maximum atomic E-state index is 11.3. The topological polar surface area (TPSA) is 79.3 Å². The van der Waals surface area contributed by atoms with Crippen LogP contribution in [0.1, 0.15) is 38.4 Å². The van der Waals surface area contributed by atoms with Crippen LogP contribution in [0.4, 0.5) is 0 Å². The highest BCUT2D eigenvalue weighted by Crippen LogP contribution is 2.55. The predicted octanol–water partition coefficient (Wildman–Crippen LogP) is 0.786. The van der Waals surface area contributed by atoms with E-state index in [-0.39, 0.29) is 0 Å². The van der Waals surface area contributed by atoms with E-state index in [2.05, 4.69) is 31.4 Å². The SMILES string of the molecule is CCn1ccnc1CN(CCCNS(C)(=O)=O)C1CC12CCNCC2. The van der Waals surface area contributed by atoms with Crippen LogP contribution in [0.2, 0.25) is 0 Å². The monoisotopic (exact) mass is 369 g/mol. The molecule has 8 heteroatoms. The minimum atomic E-state index is -3.11. The molecule has 0 bridgehead atoms. The number of hydrogen-bond acceptors (Lipinski definition) is 5. The molecule has 3 rings (SSSR count). The standard InChI is InChI=1S/C17H31N5O2S/c1-3-21-12-10-19-16(21)14-22(11-4-7-20-25(2,23)24)15-13-17(15)5-8-18-9-6-17/h10,12,15,18,20H,3-9,11,13-14H2,1-2H3. The van der Waals surface area contributed by atoms with Crippen LogP contribution in [0, 0.1) is 5.41 Å². The number of rotatable bonds is 9. The molecule has 2 fully saturated rings. The molecule has 1 atom stereocenters. The van der Waals surface area contributed by atoms with E-state index in [0.717, 1.165) is 45.0 Å². The minimum Gasteiger partial charge on any atom is -0.334 e. The molecule has 1 aromatic rings. The van der Waals surface area contributed by atoms with Gasteiger partial charge in [0.15, 0.2) is 0 Å². The molecule has 1 unspecified atom stereocenters. The summed E-state index contributed by atoms with van der Waals surface area (Å²) in [5.74, 6) is 1.11. The molecule has 1 saturated heterocycles. The zero-order chi connectivity index (χ0) is 17.9. The van der Waals surface area contributed by atoms with E-state index in [4.69, 9.17) is 0 Å². The summed E-state index contributed by atoms with van der Waals surface area (Å²) in [7, 11) is -3.11. The van der Waals surface area contributed by atoms with Gasteiger partial charge in [-0.05, 0) is 51.1 Å². The van der Waals surface area contributed by atoms with Crippen LogP contribution in [0.5, 0.6) is 0 Å². The van der Waals surface area contributed by atoms with Crippen LogP contribution in [-0.4, -0.2) is 61.3 Å². The van der Waals surface area contributed by atoms with E-state index >= 15 is 0 Å². The largest absolute Gasteiger partial charge is 0.334 e. The summed E-state index contributed by atoms with van der Waals surface area (Å²) in [4.78, 5) is 7.07. The first-order valence-electron chi connectivity index (χ1n) is 9.33. The fourth-order valence-electron chi connectivity index (χ4n) is 4.15. The average molecular weight is 370 g/mol. The van der Waals surface area contributed by atoms with E-state index < -0.39 is 10.0 Å². The highest BCUT2D eigenvalue weighted by atomic mass is 32.2. The number of piperidine rings is 1. The van der Waals surface area contributed by atoms with Crippen molar-refractivity contribution in [2.75, 3.05) is 32.4 Å². The molecule has 0 aromatic carbocycles. The van der Waals surface area contributed by atoms with Crippen molar-refractivity contribution in [2.45, 2.75) is 51.7 Å². The second-order valence-electron chi connectivity index (χ2n) is 7.45. The summed E-state index contributed by atoms with van der Waals surface area (Å²) in [6, 6.07) is 0.606. The molecule has 1 aliphatic heterocycles. The number of aromatic nitrogens is 2. The number of hydrogen-bond donors (Lipinski definition) is 2. The van der Waals surface area contributed by atoms with E-state index in [9.17, 15) is 8.42 Å². The van der Waals surface area contributed by atoms with Crippen LogP contribution in [0.3, 0.4) is 0 Å². The third-order valence-corrected chi connectivity index (χ3v) is 6.39. The summed E-state index contributed by atoms with van der Waals surface area (Å²) >= 11 is 0. The first kappa shape index (κ1) is 18.8. The van der Waals surface area contributed by atoms with Crippen molar-refractivity contribution in [1.29, 1.82) is 0 Å². The van der Waals surface area contributed by atoms with Gasteiger partial charge in [0.05, 0.1) is 12.8 Å². The molecular weight excluding hydrogens is 338 g/mol. The first-order valence-corrected chi connectivity index (χ1v) is 11.2. The molecule has 1 aromatic heterocycles. The van der Waals surface area contributed by atoms with Gasteiger partial charge in [0.2, 0.25) is 10.0 Å². The number of imidazole rings is 1. The predicted molar refractivity (Wildman–Crippen MR) is 98.7 cm³/mol. The third kappa shape index (κ3) is 4.81. The first-order chi connectivity index (χ1) is 11.9. The Kier molecular flexibility index (Phi) is 5.82. The molecule has 1 spiro atoms. The third-order valence-electron chi connectivity index (χ3n) is 5.66. The number of aryl methyl sites for hydroxylation is 1. The quantitative estimate of drug-likeness (QED) is 0.629. The molecular formula is C17H31N5O2S. The molecule has 2 N–H and O–H groups in total. The van der Waals surface area contributed by atoms with Crippen molar-refractivity contribution >= 4 is 10.0 Å². The van der Waals surface area contributed by atoms with E-state index in [0.29, 0.717) is 18.0 Å². The van der Waals surface area contributed by atoms with E-state index in [1.165, 1.54) is 25.5 Å². The highest BCUT2D eigenvalue weighted by Gasteiger charge is 2.56. The van der Waals surface area contributed by atoms with Crippen LogP contribution in [0.15, 0.2) is 12.4 Å².